The molecule has 0 saturated carbocycles. The maximum absolute atomic E-state index is 13.3. The highest BCUT2D eigenvalue weighted by Crippen LogP contribution is 2.40. The van der Waals surface area contributed by atoms with Crippen molar-refractivity contribution < 1.29 is 18.3 Å². The Morgan fingerprint density at radius 3 is 2.39 bits per heavy atom. The Morgan fingerprint density at radius 1 is 0.964 bits per heavy atom. The minimum Gasteiger partial charge on any atom is -0.387 e. The molecular formula is C21H18Cl2F3NO. The van der Waals surface area contributed by atoms with Crippen molar-refractivity contribution in [3.63, 3.8) is 0 Å². The van der Waals surface area contributed by atoms with Gasteiger partial charge in [-0.05, 0) is 76.8 Å². The van der Waals surface area contributed by atoms with Crippen LogP contribution in [0.1, 0.15) is 36.5 Å². The standard InChI is InChI=1S/C21H18Cl2F3NO/c22-17-8-11-7-16(20(28)19-3-1-2-6-27-19)13-5-4-12(21(24,25)26)9-15(13)14(11)10-18(17)23/h4-5,7-10,19-20,27-28H,1-3,6H2. The van der Waals surface area contributed by atoms with E-state index in [0.717, 1.165) is 37.9 Å². The summed E-state index contributed by atoms with van der Waals surface area (Å²) in [5.41, 5.74) is -0.149. The maximum atomic E-state index is 13.3. The van der Waals surface area contributed by atoms with Gasteiger partial charge in [0, 0.05) is 6.04 Å². The molecule has 3 aromatic carbocycles. The lowest BCUT2D eigenvalue weighted by Crippen LogP contribution is -2.38. The van der Waals surface area contributed by atoms with Crippen molar-refractivity contribution in [2.24, 2.45) is 0 Å². The predicted molar refractivity (Wildman–Crippen MR) is 107 cm³/mol. The second-order valence-corrected chi connectivity index (χ2v) is 8.03. The smallest absolute Gasteiger partial charge is 0.387 e. The van der Waals surface area contributed by atoms with Crippen LogP contribution < -0.4 is 5.32 Å². The normalized spacial score (nSPS) is 19.3. The summed E-state index contributed by atoms with van der Waals surface area (Å²) < 4.78 is 39.9. The van der Waals surface area contributed by atoms with E-state index in [1.165, 1.54) is 6.07 Å². The minimum atomic E-state index is -4.46. The molecule has 1 aliphatic rings. The molecule has 2 nitrogen and oxygen atoms in total. The van der Waals surface area contributed by atoms with Crippen LogP contribution in [-0.4, -0.2) is 17.7 Å². The maximum Gasteiger partial charge on any atom is 0.416 e. The molecule has 1 heterocycles. The third kappa shape index (κ3) is 3.57. The van der Waals surface area contributed by atoms with Crippen molar-refractivity contribution in [3.8, 4) is 0 Å². The molecule has 148 valence electrons. The molecular weight excluding hydrogens is 410 g/mol. The highest BCUT2D eigenvalue weighted by Gasteiger charge is 2.31. The average molecular weight is 428 g/mol. The molecule has 0 amide bonds. The zero-order valence-corrected chi connectivity index (χ0v) is 16.3. The molecule has 2 atom stereocenters. The van der Waals surface area contributed by atoms with Crippen LogP contribution in [0.25, 0.3) is 21.5 Å². The van der Waals surface area contributed by atoms with Gasteiger partial charge in [0.25, 0.3) is 0 Å². The van der Waals surface area contributed by atoms with Crippen molar-refractivity contribution in [3.05, 3.63) is 57.6 Å². The van der Waals surface area contributed by atoms with Crippen LogP contribution in [0.5, 0.6) is 0 Å². The minimum absolute atomic E-state index is 0.139. The molecule has 1 aliphatic heterocycles. The Morgan fingerprint density at radius 2 is 1.71 bits per heavy atom. The van der Waals surface area contributed by atoms with E-state index >= 15 is 0 Å². The number of hydrogen-bond acceptors (Lipinski definition) is 2. The van der Waals surface area contributed by atoms with Gasteiger partial charge >= 0.3 is 6.18 Å². The zero-order valence-electron chi connectivity index (χ0n) is 14.8. The molecule has 7 heteroatoms. The van der Waals surface area contributed by atoms with Crippen molar-refractivity contribution in [2.45, 2.75) is 37.6 Å². The molecule has 1 fully saturated rings. The van der Waals surface area contributed by atoms with E-state index in [9.17, 15) is 18.3 Å². The molecule has 0 aromatic heterocycles. The van der Waals surface area contributed by atoms with Crippen LogP contribution in [-0.2, 0) is 6.18 Å². The molecule has 0 radical (unpaired) electrons. The van der Waals surface area contributed by atoms with Crippen molar-refractivity contribution in [1.29, 1.82) is 0 Å². The van der Waals surface area contributed by atoms with Gasteiger partial charge in [-0.25, -0.2) is 0 Å². The van der Waals surface area contributed by atoms with Crippen LogP contribution in [0, 0.1) is 0 Å². The average Bonchev–Trinajstić information content (AvgIpc) is 2.67. The van der Waals surface area contributed by atoms with Crippen molar-refractivity contribution in [1.82, 2.24) is 5.32 Å². The van der Waals surface area contributed by atoms with Gasteiger partial charge in [-0.2, -0.15) is 13.2 Å². The molecule has 28 heavy (non-hydrogen) atoms. The monoisotopic (exact) mass is 427 g/mol. The topological polar surface area (TPSA) is 32.3 Å². The molecule has 2 N–H and O–H groups in total. The van der Waals surface area contributed by atoms with E-state index in [1.54, 1.807) is 18.2 Å². The summed E-state index contributed by atoms with van der Waals surface area (Å²) >= 11 is 12.3. The van der Waals surface area contributed by atoms with E-state index in [-0.39, 0.29) is 11.1 Å². The Labute approximate surface area is 170 Å². The number of halogens is 5. The van der Waals surface area contributed by atoms with Gasteiger partial charge in [0.05, 0.1) is 21.7 Å². The molecule has 0 aliphatic carbocycles. The summed E-state index contributed by atoms with van der Waals surface area (Å²) in [6, 6.07) is 8.47. The summed E-state index contributed by atoms with van der Waals surface area (Å²) in [5, 5.41) is 17.1. The largest absolute Gasteiger partial charge is 0.416 e. The van der Waals surface area contributed by atoms with Gasteiger partial charge < -0.3 is 10.4 Å². The number of aliphatic hydroxyl groups is 1. The lowest BCUT2D eigenvalue weighted by atomic mass is 9.88. The molecule has 0 bridgehead atoms. The number of fused-ring (bicyclic) bond motifs is 3. The van der Waals surface area contributed by atoms with E-state index < -0.39 is 17.8 Å². The molecule has 2 unspecified atom stereocenters. The quantitative estimate of drug-likeness (QED) is 0.457. The number of alkyl halides is 3. The lowest BCUT2D eigenvalue weighted by molar-refractivity contribution is -0.137. The summed E-state index contributed by atoms with van der Waals surface area (Å²) in [7, 11) is 0. The third-order valence-corrected chi connectivity index (χ3v) is 6.12. The summed E-state index contributed by atoms with van der Waals surface area (Å²) in [5.74, 6) is 0. The first-order valence-corrected chi connectivity index (χ1v) is 9.85. The highest BCUT2D eigenvalue weighted by atomic mass is 35.5. The third-order valence-electron chi connectivity index (χ3n) is 5.40. The Kier molecular flexibility index (Phi) is 5.21. The van der Waals surface area contributed by atoms with Gasteiger partial charge in [0.1, 0.15) is 0 Å². The van der Waals surface area contributed by atoms with Crippen LogP contribution in [0.3, 0.4) is 0 Å². The van der Waals surface area contributed by atoms with Gasteiger partial charge in [-0.15, -0.1) is 0 Å². The summed E-state index contributed by atoms with van der Waals surface area (Å²) in [6.45, 7) is 0.812. The second-order valence-electron chi connectivity index (χ2n) is 7.21. The highest BCUT2D eigenvalue weighted by molar-refractivity contribution is 6.43. The Bertz CT molecular complexity index is 1050. The van der Waals surface area contributed by atoms with Gasteiger partial charge in [-0.3, -0.25) is 0 Å². The van der Waals surface area contributed by atoms with Crippen molar-refractivity contribution in [2.75, 3.05) is 6.54 Å². The first-order valence-electron chi connectivity index (χ1n) is 9.10. The van der Waals surface area contributed by atoms with Crippen LogP contribution >= 0.6 is 23.2 Å². The zero-order chi connectivity index (χ0) is 20.1. The fourth-order valence-corrected chi connectivity index (χ4v) is 4.30. The van der Waals surface area contributed by atoms with E-state index in [0.29, 0.717) is 32.1 Å². The Balaban J connectivity index is 1.99. The molecule has 4 rings (SSSR count). The van der Waals surface area contributed by atoms with Crippen LogP contribution in [0.4, 0.5) is 13.2 Å². The number of rotatable bonds is 2. The first kappa shape index (κ1) is 19.8. The lowest BCUT2D eigenvalue weighted by Gasteiger charge is -2.29. The fourth-order valence-electron chi connectivity index (χ4n) is 3.97. The molecule has 1 saturated heterocycles. The van der Waals surface area contributed by atoms with Crippen LogP contribution in [0.2, 0.25) is 10.0 Å². The molecule has 0 spiro atoms. The Hall–Kier alpha value is -1.53. The number of aliphatic hydroxyl groups excluding tert-OH is 1. The van der Waals surface area contributed by atoms with Gasteiger partial charge in [0.2, 0.25) is 0 Å². The number of benzene rings is 3. The molecule has 3 aromatic rings. The predicted octanol–water partition coefficient (Wildman–Crippen LogP) is 6.49. The van der Waals surface area contributed by atoms with E-state index in [4.69, 9.17) is 23.2 Å². The number of hydrogen-bond donors (Lipinski definition) is 2. The first-order chi connectivity index (χ1) is 13.3. The summed E-state index contributed by atoms with van der Waals surface area (Å²) in [4.78, 5) is 0. The number of nitrogens with one attached hydrogen (secondary N) is 1. The van der Waals surface area contributed by atoms with E-state index in [1.807, 2.05) is 0 Å². The van der Waals surface area contributed by atoms with Gasteiger partial charge in [-0.1, -0.05) is 35.7 Å². The fraction of sp³-hybridized carbons (Fsp3) is 0.333. The number of piperidine rings is 1. The summed E-state index contributed by atoms with van der Waals surface area (Å²) in [6.07, 6.45) is -2.44. The van der Waals surface area contributed by atoms with E-state index in [2.05, 4.69) is 5.32 Å². The second kappa shape index (κ2) is 7.38. The van der Waals surface area contributed by atoms with Gasteiger partial charge in [0.15, 0.2) is 0 Å². The van der Waals surface area contributed by atoms with Crippen molar-refractivity contribution >= 4 is 44.7 Å². The van der Waals surface area contributed by atoms with Crippen LogP contribution in [0.15, 0.2) is 36.4 Å². The SMILES string of the molecule is OC(c1cc2cc(Cl)c(Cl)cc2c2cc(C(F)(F)F)ccc12)C1CCCCN1.